The van der Waals surface area contributed by atoms with Crippen LogP contribution in [0.2, 0.25) is 0 Å². The Kier molecular flexibility index (Phi) is 4.92. The molecule has 0 atom stereocenters. The van der Waals surface area contributed by atoms with E-state index in [4.69, 9.17) is 4.42 Å². The number of benzene rings is 1. The van der Waals surface area contributed by atoms with Crippen LogP contribution in [0.3, 0.4) is 0 Å². The van der Waals surface area contributed by atoms with Crippen molar-refractivity contribution in [2.24, 2.45) is 0 Å². The summed E-state index contributed by atoms with van der Waals surface area (Å²) in [7, 11) is 0. The Bertz CT molecular complexity index is 1000. The van der Waals surface area contributed by atoms with Crippen LogP contribution < -0.4 is 5.32 Å². The molecule has 0 saturated heterocycles. The number of rotatable bonds is 7. The summed E-state index contributed by atoms with van der Waals surface area (Å²) in [4.78, 5) is 12.4. The van der Waals surface area contributed by atoms with Crippen LogP contribution in [0.4, 0.5) is 5.69 Å². The van der Waals surface area contributed by atoms with E-state index in [0.717, 1.165) is 47.8 Å². The second-order valence-electron chi connectivity index (χ2n) is 7.07. The van der Waals surface area contributed by atoms with E-state index in [9.17, 15) is 0 Å². The number of aryl methyl sites for hydroxylation is 2. The molecule has 0 bridgehead atoms. The number of anilines is 1. The molecule has 2 N–H and O–H groups in total. The van der Waals surface area contributed by atoms with Gasteiger partial charge < -0.3 is 14.7 Å². The van der Waals surface area contributed by atoms with Crippen molar-refractivity contribution in [2.75, 3.05) is 5.32 Å². The van der Waals surface area contributed by atoms with Gasteiger partial charge in [-0.3, -0.25) is 0 Å². The number of furan rings is 1. The number of imidazole rings is 1. The highest BCUT2D eigenvalue weighted by Gasteiger charge is 2.09. The Morgan fingerprint density at radius 1 is 1.07 bits per heavy atom. The fraction of sp³-hybridized carbons (Fsp3) is 0.273. The number of pyridine rings is 1. The van der Waals surface area contributed by atoms with Crippen LogP contribution >= 0.6 is 0 Å². The average Bonchev–Trinajstić information content (AvgIpc) is 3.34. The van der Waals surface area contributed by atoms with Crippen molar-refractivity contribution < 1.29 is 4.42 Å². The monoisotopic (exact) mass is 360 g/mol. The van der Waals surface area contributed by atoms with Crippen LogP contribution in [0.15, 0.2) is 59.3 Å². The lowest BCUT2D eigenvalue weighted by Gasteiger charge is -2.09. The Hall–Kier alpha value is -3.08. The van der Waals surface area contributed by atoms with Gasteiger partial charge in [-0.25, -0.2) is 9.97 Å². The van der Waals surface area contributed by atoms with Crippen molar-refractivity contribution in [3.8, 4) is 0 Å². The van der Waals surface area contributed by atoms with Gasteiger partial charge in [0.05, 0.1) is 12.0 Å². The third kappa shape index (κ3) is 4.03. The summed E-state index contributed by atoms with van der Waals surface area (Å²) in [5.74, 6) is 2.44. The quantitative estimate of drug-likeness (QED) is 0.483. The summed E-state index contributed by atoms with van der Waals surface area (Å²) < 4.78 is 5.39. The van der Waals surface area contributed by atoms with Crippen LogP contribution in [-0.2, 0) is 19.4 Å². The molecular weight excluding hydrogens is 336 g/mol. The van der Waals surface area contributed by atoms with Crippen molar-refractivity contribution in [3.63, 3.8) is 0 Å². The lowest BCUT2D eigenvalue weighted by atomic mass is 10.0. The topological polar surface area (TPSA) is 66.7 Å². The summed E-state index contributed by atoms with van der Waals surface area (Å²) in [5.41, 5.74) is 5.32. The van der Waals surface area contributed by atoms with Crippen molar-refractivity contribution in [1.29, 1.82) is 0 Å². The highest BCUT2D eigenvalue weighted by atomic mass is 16.3. The molecular formula is C22H24N4O. The highest BCUT2D eigenvalue weighted by molar-refractivity contribution is 5.85. The van der Waals surface area contributed by atoms with Crippen molar-refractivity contribution in [3.05, 3.63) is 77.6 Å². The molecule has 4 aromatic rings. The minimum atomic E-state index is 0.552. The van der Waals surface area contributed by atoms with Crippen molar-refractivity contribution >= 4 is 16.9 Å². The summed E-state index contributed by atoms with van der Waals surface area (Å²) in [6.45, 7) is 5.18. The lowest BCUT2D eigenvalue weighted by Crippen LogP contribution is -2.01. The Balaban J connectivity index is 1.46. The van der Waals surface area contributed by atoms with Gasteiger partial charge in [0.25, 0.3) is 0 Å². The standard InChI is InChI=1S/C22H24N4O/c1-15(2)17-7-5-16(6-8-17)14-24-19-11-12-23-22-21(19)25-20(26-22)10-9-18-4-3-13-27-18/h3-8,11-13,15H,9-10,14H2,1-2H3,(H2,23,24,25,26). The molecule has 27 heavy (non-hydrogen) atoms. The van der Waals surface area contributed by atoms with Gasteiger partial charge in [-0.05, 0) is 35.2 Å². The fourth-order valence-corrected chi connectivity index (χ4v) is 3.14. The second kappa shape index (κ2) is 7.66. The third-order valence-corrected chi connectivity index (χ3v) is 4.76. The molecule has 4 rings (SSSR count). The van der Waals surface area contributed by atoms with E-state index in [0.29, 0.717) is 5.92 Å². The SMILES string of the molecule is CC(C)c1ccc(CNc2ccnc3nc(CCc4ccco4)[nH]c23)cc1. The maximum Gasteiger partial charge on any atom is 0.179 e. The summed E-state index contributed by atoms with van der Waals surface area (Å²) in [5, 5.41) is 3.51. The maximum atomic E-state index is 5.39. The second-order valence-corrected chi connectivity index (χ2v) is 7.07. The van der Waals surface area contributed by atoms with Crippen LogP contribution in [-0.4, -0.2) is 15.0 Å². The predicted molar refractivity (Wildman–Crippen MR) is 108 cm³/mol. The molecule has 0 aliphatic carbocycles. The first-order valence-electron chi connectivity index (χ1n) is 9.38. The zero-order valence-corrected chi connectivity index (χ0v) is 15.7. The number of H-pyrrole nitrogens is 1. The Morgan fingerprint density at radius 3 is 2.67 bits per heavy atom. The summed E-state index contributed by atoms with van der Waals surface area (Å²) in [6.07, 6.45) is 5.10. The molecule has 5 nitrogen and oxygen atoms in total. The number of nitrogens with zero attached hydrogens (tertiary/aromatic N) is 2. The largest absolute Gasteiger partial charge is 0.469 e. The van der Waals surface area contributed by atoms with Crippen LogP contribution in [0.1, 0.15) is 42.5 Å². The van der Waals surface area contributed by atoms with Gasteiger partial charge in [-0.1, -0.05) is 38.1 Å². The van der Waals surface area contributed by atoms with Gasteiger partial charge in [0, 0.05) is 25.6 Å². The maximum absolute atomic E-state index is 5.39. The summed E-state index contributed by atoms with van der Waals surface area (Å²) in [6, 6.07) is 14.6. The summed E-state index contributed by atoms with van der Waals surface area (Å²) >= 11 is 0. The zero-order chi connectivity index (χ0) is 18.6. The molecule has 0 saturated carbocycles. The van der Waals surface area contributed by atoms with E-state index in [1.807, 2.05) is 18.2 Å². The smallest absolute Gasteiger partial charge is 0.179 e. The minimum Gasteiger partial charge on any atom is -0.469 e. The number of fused-ring (bicyclic) bond motifs is 1. The molecule has 1 aromatic carbocycles. The van der Waals surface area contributed by atoms with E-state index >= 15 is 0 Å². The molecule has 3 aromatic heterocycles. The number of aromatic amines is 1. The van der Waals surface area contributed by atoms with Crippen molar-refractivity contribution in [2.45, 2.75) is 39.2 Å². The van der Waals surface area contributed by atoms with Gasteiger partial charge in [-0.15, -0.1) is 0 Å². The Labute approximate surface area is 158 Å². The predicted octanol–water partition coefficient (Wildman–Crippen LogP) is 5.07. The Morgan fingerprint density at radius 2 is 1.93 bits per heavy atom. The number of hydrogen-bond acceptors (Lipinski definition) is 4. The molecule has 3 heterocycles. The molecule has 0 aliphatic rings. The lowest BCUT2D eigenvalue weighted by molar-refractivity contribution is 0.507. The van der Waals surface area contributed by atoms with E-state index in [2.05, 4.69) is 58.4 Å². The van der Waals surface area contributed by atoms with E-state index in [1.165, 1.54) is 11.1 Å². The molecule has 5 heteroatoms. The highest BCUT2D eigenvalue weighted by Crippen LogP contribution is 2.21. The zero-order valence-electron chi connectivity index (χ0n) is 15.7. The normalized spacial score (nSPS) is 11.4. The van der Waals surface area contributed by atoms with E-state index < -0.39 is 0 Å². The molecule has 0 spiro atoms. The first-order chi connectivity index (χ1) is 13.2. The molecule has 0 aliphatic heterocycles. The van der Waals surface area contributed by atoms with Crippen LogP contribution in [0.25, 0.3) is 11.2 Å². The fourth-order valence-electron chi connectivity index (χ4n) is 3.14. The number of nitrogens with one attached hydrogen (secondary N) is 2. The first-order valence-corrected chi connectivity index (χ1v) is 9.38. The molecule has 0 amide bonds. The average molecular weight is 360 g/mol. The first kappa shape index (κ1) is 17.3. The third-order valence-electron chi connectivity index (χ3n) is 4.76. The van der Waals surface area contributed by atoms with Gasteiger partial charge in [0.15, 0.2) is 5.65 Å². The van der Waals surface area contributed by atoms with Crippen molar-refractivity contribution in [1.82, 2.24) is 15.0 Å². The molecule has 0 unspecified atom stereocenters. The molecule has 138 valence electrons. The van der Waals surface area contributed by atoms with Crippen LogP contribution in [0, 0.1) is 0 Å². The van der Waals surface area contributed by atoms with Gasteiger partial charge in [0.2, 0.25) is 0 Å². The van der Waals surface area contributed by atoms with E-state index in [1.54, 1.807) is 12.5 Å². The van der Waals surface area contributed by atoms with Gasteiger partial charge in [-0.2, -0.15) is 0 Å². The van der Waals surface area contributed by atoms with Gasteiger partial charge in [0.1, 0.15) is 17.1 Å². The number of hydrogen-bond donors (Lipinski definition) is 2. The molecule has 0 radical (unpaired) electrons. The van der Waals surface area contributed by atoms with Crippen LogP contribution in [0.5, 0.6) is 0 Å². The molecule has 0 fully saturated rings. The number of aromatic nitrogens is 3. The van der Waals surface area contributed by atoms with Gasteiger partial charge >= 0.3 is 0 Å². The van der Waals surface area contributed by atoms with E-state index in [-0.39, 0.29) is 0 Å². The minimum absolute atomic E-state index is 0.552.